The van der Waals surface area contributed by atoms with Gasteiger partial charge in [-0.1, -0.05) is 280 Å². The van der Waals surface area contributed by atoms with E-state index in [0.29, 0.717) is 37.5 Å². The lowest BCUT2D eigenvalue weighted by Crippen LogP contribution is -2.30. The normalized spacial score (nSPS) is 14.3. The molecule has 0 aliphatic heterocycles. The van der Waals surface area contributed by atoms with Gasteiger partial charge in [-0.05, 0) is 49.4 Å². The maximum Gasteiger partial charge on any atom is 0.472 e. The van der Waals surface area contributed by atoms with Crippen molar-refractivity contribution in [3.8, 4) is 0 Å². The fourth-order valence-corrected chi connectivity index (χ4v) is 11.7. The predicted molar refractivity (Wildman–Crippen MR) is 349 cm³/mol. The number of aliphatic hydroxyl groups is 1. The minimum Gasteiger partial charge on any atom is -0.462 e. The Kier molecular flexibility index (Phi) is 56.6. The second-order valence-electron chi connectivity index (χ2n) is 26.5. The van der Waals surface area contributed by atoms with E-state index in [0.717, 1.165) is 115 Å². The van der Waals surface area contributed by atoms with Crippen LogP contribution in [0, 0.1) is 23.7 Å². The Morgan fingerprint density at radius 1 is 0.287 bits per heavy atom. The van der Waals surface area contributed by atoms with E-state index in [1.165, 1.54) is 122 Å². The molecule has 0 aromatic rings. The smallest absolute Gasteiger partial charge is 0.462 e. The van der Waals surface area contributed by atoms with Crippen LogP contribution in [0.25, 0.3) is 0 Å². The van der Waals surface area contributed by atoms with Gasteiger partial charge in [0.05, 0.1) is 26.4 Å². The van der Waals surface area contributed by atoms with Crippen molar-refractivity contribution < 1.29 is 80.2 Å². The third kappa shape index (κ3) is 62.6. The summed E-state index contributed by atoms with van der Waals surface area (Å²) in [6, 6.07) is 0. The van der Waals surface area contributed by atoms with Crippen molar-refractivity contribution in [3.63, 3.8) is 0 Å². The fourth-order valence-electron chi connectivity index (χ4n) is 10.1. The van der Waals surface area contributed by atoms with Crippen molar-refractivity contribution >= 4 is 39.5 Å². The molecule has 516 valence electrons. The second-order valence-corrected chi connectivity index (χ2v) is 29.4. The number of rotatable bonds is 65. The molecule has 0 fully saturated rings. The van der Waals surface area contributed by atoms with Crippen LogP contribution in [0.4, 0.5) is 0 Å². The third-order valence-corrected chi connectivity index (χ3v) is 17.5. The number of esters is 4. The highest BCUT2D eigenvalue weighted by molar-refractivity contribution is 7.47. The van der Waals surface area contributed by atoms with Crippen LogP contribution in [0.1, 0.15) is 331 Å². The molecule has 0 saturated carbocycles. The van der Waals surface area contributed by atoms with Crippen LogP contribution < -0.4 is 0 Å². The number of aliphatic hydroxyl groups excluding tert-OH is 1. The lowest BCUT2D eigenvalue weighted by molar-refractivity contribution is -0.161. The molecule has 0 bridgehead atoms. The zero-order valence-electron chi connectivity index (χ0n) is 56.6. The summed E-state index contributed by atoms with van der Waals surface area (Å²) in [5.41, 5.74) is 0. The first-order chi connectivity index (χ1) is 41.6. The molecule has 19 heteroatoms. The average molecular weight is 1280 g/mol. The maximum atomic E-state index is 13.0. The SMILES string of the molecule is CC(C)CCCCCCCCCCCCCCC(=O)O[C@H](COC(=O)CCCCCCCCC(C)C)COP(=O)(O)OC[C@H](O)COP(=O)(O)OC[C@@H](COC(=O)CCCCCCCCC(C)C)OC(=O)CCCCCCCCCCCCCC(C)C. The van der Waals surface area contributed by atoms with E-state index >= 15 is 0 Å². The van der Waals surface area contributed by atoms with Crippen LogP contribution in [0.15, 0.2) is 0 Å². The molecule has 0 rings (SSSR count). The van der Waals surface area contributed by atoms with Crippen molar-refractivity contribution in [3.05, 3.63) is 0 Å². The van der Waals surface area contributed by atoms with Gasteiger partial charge in [-0.2, -0.15) is 0 Å². The van der Waals surface area contributed by atoms with Crippen LogP contribution in [0.5, 0.6) is 0 Å². The Labute approximate surface area is 530 Å². The van der Waals surface area contributed by atoms with Crippen molar-refractivity contribution in [2.75, 3.05) is 39.6 Å². The van der Waals surface area contributed by atoms with Gasteiger partial charge < -0.3 is 33.8 Å². The first-order valence-electron chi connectivity index (χ1n) is 35.2. The largest absolute Gasteiger partial charge is 0.472 e. The van der Waals surface area contributed by atoms with Gasteiger partial charge in [0.25, 0.3) is 0 Å². The summed E-state index contributed by atoms with van der Waals surface area (Å²) in [5.74, 6) is 0.765. The summed E-state index contributed by atoms with van der Waals surface area (Å²) in [4.78, 5) is 72.4. The molecule has 0 aliphatic carbocycles. The zero-order chi connectivity index (χ0) is 64.7. The summed E-state index contributed by atoms with van der Waals surface area (Å²) in [5, 5.41) is 10.6. The molecule has 0 aromatic carbocycles. The Hall–Kier alpha value is -1.94. The number of hydrogen-bond donors (Lipinski definition) is 3. The minimum absolute atomic E-state index is 0.105. The number of phosphoric acid groups is 2. The maximum absolute atomic E-state index is 13.0. The molecule has 3 N–H and O–H groups in total. The van der Waals surface area contributed by atoms with Crippen LogP contribution >= 0.6 is 15.6 Å². The van der Waals surface area contributed by atoms with Crippen molar-refractivity contribution in [1.29, 1.82) is 0 Å². The van der Waals surface area contributed by atoms with Crippen LogP contribution in [0.2, 0.25) is 0 Å². The molecule has 17 nitrogen and oxygen atoms in total. The van der Waals surface area contributed by atoms with E-state index in [1.807, 2.05) is 0 Å². The zero-order valence-corrected chi connectivity index (χ0v) is 58.4. The second kappa shape index (κ2) is 57.9. The standard InChI is InChI=1S/C68H132O17P2/c1-58(2)44-36-28-20-16-12-9-10-14-18-22-34-42-50-67(72)84-63(54-78-65(70)48-40-32-26-24-30-38-46-60(5)6)56-82-86(74,75)80-52-62(69)53-81-87(76,77)83-57-64(55-79-66(71)49-41-33-27-25-31-39-47-61(7)8)85-68(73)51-43-35-23-19-15-11-13-17-21-29-37-45-59(3)4/h58-64,69H,9-57H2,1-8H3,(H,74,75)(H,76,77)/t62-,63+,64+/m0/s1. The van der Waals surface area contributed by atoms with E-state index in [-0.39, 0.29) is 25.7 Å². The summed E-state index contributed by atoms with van der Waals surface area (Å²) in [7, 11) is -9.90. The quantitative estimate of drug-likeness (QED) is 0.0222. The molecule has 0 aliphatic rings. The Morgan fingerprint density at radius 3 is 0.713 bits per heavy atom. The number of ether oxygens (including phenoxy) is 4. The molecule has 0 radical (unpaired) electrons. The summed E-state index contributed by atoms with van der Waals surface area (Å²) < 4.78 is 68.1. The van der Waals surface area contributed by atoms with Crippen molar-refractivity contribution in [2.24, 2.45) is 23.7 Å². The lowest BCUT2D eigenvalue weighted by atomic mass is 10.0. The summed E-state index contributed by atoms with van der Waals surface area (Å²) in [6.07, 6.45) is 39.2. The third-order valence-electron chi connectivity index (χ3n) is 15.6. The molecular formula is C68H132O17P2. The van der Waals surface area contributed by atoms with Crippen LogP contribution in [-0.4, -0.2) is 96.7 Å². The Balaban J connectivity index is 5.22. The molecular weight excluding hydrogens is 1150 g/mol. The average Bonchev–Trinajstić information content (AvgIpc) is 3.65. The molecule has 5 atom stereocenters. The number of hydrogen-bond acceptors (Lipinski definition) is 15. The van der Waals surface area contributed by atoms with Gasteiger partial charge in [0.15, 0.2) is 12.2 Å². The van der Waals surface area contributed by atoms with Gasteiger partial charge in [0.1, 0.15) is 19.3 Å². The summed E-state index contributed by atoms with van der Waals surface area (Å²) in [6.45, 7) is 14.0. The van der Waals surface area contributed by atoms with E-state index in [4.69, 9.17) is 37.0 Å². The van der Waals surface area contributed by atoms with E-state index < -0.39 is 97.5 Å². The molecule has 0 saturated heterocycles. The summed E-state index contributed by atoms with van der Waals surface area (Å²) >= 11 is 0. The Morgan fingerprint density at radius 2 is 0.483 bits per heavy atom. The van der Waals surface area contributed by atoms with Gasteiger partial charge in [-0.15, -0.1) is 0 Å². The van der Waals surface area contributed by atoms with Gasteiger partial charge in [0.2, 0.25) is 0 Å². The van der Waals surface area contributed by atoms with E-state index in [1.54, 1.807) is 0 Å². The Bertz CT molecular complexity index is 1730. The topological polar surface area (TPSA) is 237 Å². The number of carbonyl (C=O) groups excluding carboxylic acids is 4. The van der Waals surface area contributed by atoms with E-state index in [9.17, 15) is 43.2 Å². The molecule has 0 heterocycles. The van der Waals surface area contributed by atoms with Crippen molar-refractivity contribution in [1.82, 2.24) is 0 Å². The molecule has 2 unspecified atom stereocenters. The highest BCUT2D eigenvalue weighted by Gasteiger charge is 2.30. The first kappa shape index (κ1) is 85.1. The minimum atomic E-state index is -4.95. The lowest BCUT2D eigenvalue weighted by Gasteiger charge is -2.21. The number of unbranched alkanes of at least 4 members (excludes halogenated alkanes) is 31. The molecule has 0 aromatic heterocycles. The van der Waals surface area contributed by atoms with Crippen LogP contribution in [-0.2, 0) is 65.4 Å². The van der Waals surface area contributed by atoms with Gasteiger partial charge in [-0.25, -0.2) is 9.13 Å². The highest BCUT2D eigenvalue weighted by Crippen LogP contribution is 2.45. The molecule has 0 amide bonds. The molecule has 0 spiro atoms. The van der Waals surface area contributed by atoms with Gasteiger partial charge in [0, 0.05) is 25.7 Å². The fraction of sp³-hybridized carbons (Fsp3) is 0.941. The highest BCUT2D eigenvalue weighted by atomic mass is 31.2. The first-order valence-corrected chi connectivity index (χ1v) is 38.2. The monoisotopic (exact) mass is 1280 g/mol. The van der Waals surface area contributed by atoms with Crippen molar-refractivity contribution in [2.45, 2.75) is 350 Å². The number of carbonyl (C=O) groups is 4. The van der Waals surface area contributed by atoms with Gasteiger partial charge in [-0.3, -0.25) is 37.3 Å². The predicted octanol–water partition coefficient (Wildman–Crippen LogP) is 18.9. The molecule has 87 heavy (non-hydrogen) atoms. The number of phosphoric ester groups is 2. The van der Waals surface area contributed by atoms with Crippen LogP contribution in [0.3, 0.4) is 0 Å². The van der Waals surface area contributed by atoms with E-state index in [2.05, 4.69) is 55.4 Å². The van der Waals surface area contributed by atoms with Gasteiger partial charge >= 0.3 is 39.5 Å².